The summed E-state index contributed by atoms with van der Waals surface area (Å²) in [5.41, 5.74) is 6.68. The van der Waals surface area contributed by atoms with E-state index < -0.39 is 0 Å². The van der Waals surface area contributed by atoms with Crippen molar-refractivity contribution < 1.29 is 4.74 Å². The predicted octanol–water partition coefficient (Wildman–Crippen LogP) is 1.50. The van der Waals surface area contributed by atoms with Gasteiger partial charge in [-0.15, -0.1) is 0 Å². The van der Waals surface area contributed by atoms with E-state index in [9.17, 15) is 0 Å². The molecule has 0 unspecified atom stereocenters. The zero-order valence-corrected chi connectivity index (χ0v) is 11.1. The van der Waals surface area contributed by atoms with Crippen LogP contribution in [0.3, 0.4) is 0 Å². The van der Waals surface area contributed by atoms with E-state index in [2.05, 4.69) is 19.9 Å². The minimum atomic E-state index is 0.174. The molecule has 1 aliphatic rings. The fraction of sp³-hybridized carbons (Fsp3) is 0.357. The number of aromatic nitrogens is 3. The van der Waals surface area contributed by atoms with Gasteiger partial charge in [0.25, 0.3) is 0 Å². The van der Waals surface area contributed by atoms with E-state index in [0.29, 0.717) is 5.88 Å². The van der Waals surface area contributed by atoms with Crippen molar-refractivity contribution in [2.24, 2.45) is 0 Å². The Morgan fingerprint density at radius 3 is 2.70 bits per heavy atom. The van der Waals surface area contributed by atoms with Crippen molar-refractivity contribution in [3.63, 3.8) is 0 Å². The largest absolute Gasteiger partial charge is 0.473 e. The number of hydrogen-bond donors (Lipinski definition) is 1. The highest BCUT2D eigenvalue weighted by atomic mass is 16.5. The zero-order chi connectivity index (χ0) is 13.8. The summed E-state index contributed by atoms with van der Waals surface area (Å²) in [5.74, 6) is 1.45. The van der Waals surface area contributed by atoms with Gasteiger partial charge in [-0.3, -0.25) is 4.98 Å². The third-order valence-corrected chi connectivity index (χ3v) is 3.39. The Labute approximate surface area is 117 Å². The van der Waals surface area contributed by atoms with Crippen molar-refractivity contribution in [3.05, 3.63) is 36.9 Å². The maximum Gasteiger partial charge on any atom is 0.232 e. The number of piperidine rings is 1. The smallest absolute Gasteiger partial charge is 0.232 e. The van der Waals surface area contributed by atoms with E-state index in [1.165, 1.54) is 0 Å². The first kappa shape index (κ1) is 12.7. The maximum atomic E-state index is 5.96. The fourth-order valence-electron chi connectivity index (χ4n) is 2.38. The van der Waals surface area contributed by atoms with Gasteiger partial charge in [-0.25, -0.2) is 9.97 Å². The van der Waals surface area contributed by atoms with Crippen LogP contribution < -0.4 is 15.4 Å². The van der Waals surface area contributed by atoms with Gasteiger partial charge in [0.15, 0.2) is 5.82 Å². The van der Waals surface area contributed by atoms with Crippen LogP contribution in [0.2, 0.25) is 0 Å². The zero-order valence-electron chi connectivity index (χ0n) is 11.1. The molecule has 0 aromatic carbocycles. The van der Waals surface area contributed by atoms with E-state index in [1.807, 2.05) is 12.1 Å². The lowest BCUT2D eigenvalue weighted by molar-refractivity contribution is 0.163. The van der Waals surface area contributed by atoms with Crippen LogP contribution in [-0.4, -0.2) is 34.1 Å². The summed E-state index contributed by atoms with van der Waals surface area (Å²) in [7, 11) is 0. The van der Waals surface area contributed by atoms with Crippen LogP contribution >= 0.6 is 0 Å². The van der Waals surface area contributed by atoms with Crippen molar-refractivity contribution in [1.82, 2.24) is 15.0 Å². The van der Waals surface area contributed by atoms with Gasteiger partial charge in [0, 0.05) is 44.5 Å². The molecule has 0 saturated carbocycles. The molecule has 3 rings (SSSR count). The molecule has 0 amide bonds. The molecule has 2 N–H and O–H groups in total. The van der Waals surface area contributed by atoms with Crippen molar-refractivity contribution in [3.8, 4) is 5.88 Å². The highest BCUT2D eigenvalue weighted by Crippen LogP contribution is 2.24. The molecule has 2 aromatic rings. The number of anilines is 2. The van der Waals surface area contributed by atoms with Gasteiger partial charge in [-0.1, -0.05) is 0 Å². The van der Waals surface area contributed by atoms with E-state index in [0.717, 1.165) is 37.4 Å². The van der Waals surface area contributed by atoms with Crippen LogP contribution in [-0.2, 0) is 0 Å². The summed E-state index contributed by atoms with van der Waals surface area (Å²) in [4.78, 5) is 14.7. The van der Waals surface area contributed by atoms with Crippen LogP contribution in [0.5, 0.6) is 5.88 Å². The van der Waals surface area contributed by atoms with Gasteiger partial charge in [-0.2, -0.15) is 0 Å². The third-order valence-electron chi connectivity index (χ3n) is 3.39. The molecule has 2 aromatic heterocycles. The van der Waals surface area contributed by atoms with Crippen LogP contribution in [0.25, 0.3) is 0 Å². The quantitative estimate of drug-likeness (QED) is 0.911. The SMILES string of the molecule is Nc1cccnc1N1CCC(Oc2cnccn2)CC1. The molecular formula is C14H17N5O. The Kier molecular flexibility index (Phi) is 3.62. The Hall–Kier alpha value is -2.37. The molecule has 6 heteroatoms. The molecule has 0 atom stereocenters. The minimum Gasteiger partial charge on any atom is -0.473 e. The van der Waals surface area contributed by atoms with Gasteiger partial charge in [0.05, 0.1) is 11.9 Å². The topological polar surface area (TPSA) is 77.2 Å². The molecule has 104 valence electrons. The Morgan fingerprint density at radius 2 is 2.00 bits per heavy atom. The third kappa shape index (κ3) is 2.79. The second kappa shape index (κ2) is 5.73. The number of hydrogen-bond acceptors (Lipinski definition) is 6. The van der Waals surface area contributed by atoms with E-state index in [-0.39, 0.29) is 6.10 Å². The lowest BCUT2D eigenvalue weighted by Gasteiger charge is -2.33. The number of rotatable bonds is 3. The first-order chi connectivity index (χ1) is 9.83. The van der Waals surface area contributed by atoms with E-state index in [1.54, 1.807) is 24.8 Å². The molecule has 6 nitrogen and oxygen atoms in total. The summed E-state index contributed by atoms with van der Waals surface area (Å²) in [6.07, 6.45) is 8.71. The second-order valence-corrected chi connectivity index (χ2v) is 4.76. The minimum absolute atomic E-state index is 0.174. The van der Waals surface area contributed by atoms with Crippen LogP contribution in [0.4, 0.5) is 11.5 Å². The van der Waals surface area contributed by atoms with E-state index in [4.69, 9.17) is 10.5 Å². The average molecular weight is 271 g/mol. The first-order valence-corrected chi connectivity index (χ1v) is 6.71. The highest BCUT2D eigenvalue weighted by Gasteiger charge is 2.22. The highest BCUT2D eigenvalue weighted by molar-refractivity contribution is 5.62. The molecule has 0 radical (unpaired) electrons. The van der Waals surface area contributed by atoms with Crippen molar-refractivity contribution >= 4 is 11.5 Å². The summed E-state index contributed by atoms with van der Waals surface area (Å²) >= 11 is 0. The van der Waals surface area contributed by atoms with Crippen molar-refractivity contribution in [2.75, 3.05) is 23.7 Å². The van der Waals surface area contributed by atoms with Crippen molar-refractivity contribution in [2.45, 2.75) is 18.9 Å². The molecule has 0 aliphatic carbocycles. The van der Waals surface area contributed by atoms with Gasteiger partial charge < -0.3 is 15.4 Å². The number of nitrogens with zero attached hydrogens (tertiary/aromatic N) is 4. The summed E-state index contributed by atoms with van der Waals surface area (Å²) < 4.78 is 5.82. The molecule has 1 fully saturated rings. The van der Waals surface area contributed by atoms with Gasteiger partial charge in [-0.05, 0) is 12.1 Å². The Balaban J connectivity index is 1.59. The monoisotopic (exact) mass is 271 g/mol. The maximum absolute atomic E-state index is 5.96. The van der Waals surface area contributed by atoms with Gasteiger partial charge in [0.1, 0.15) is 6.10 Å². The number of pyridine rings is 1. The molecule has 20 heavy (non-hydrogen) atoms. The van der Waals surface area contributed by atoms with Crippen molar-refractivity contribution in [1.29, 1.82) is 0 Å². The summed E-state index contributed by atoms with van der Waals surface area (Å²) in [6, 6.07) is 3.73. The molecule has 1 saturated heterocycles. The standard InChI is InChI=1S/C14H17N5O/c15-12-2-1-5-18-14(12)19-8-3-11(4-9-19)20-13-10-16-6-7-17-13/h1-2,5-7,10-11H,3-4,8-9,15H2. The summed E-state index contributed by atoms with van der Waals surface area (Å²) in [6.45, 7) is 1.76. The molecule has 3 heterocycles. The molecular weight excluding hydrogens is 254 g/mol. The molecule has 0 bridgehead atoms. The summed E-state index contributed by atoms with van der Waals surface area (Å²) in [5, 5.41) is 0. The Bertz CT molecular complexity index is 555. The predicted molar refractivity (Wildman–Crippen MR) is 76.5 cm³/mol. The number of ether oxygens (including phenoxy) is 1. The van der Waals surface area contributed by atoms with Crippen LogP contribution in [0.1, 0.15) is 12.8 Å². The van der Waals surface area contributed by atoms with Gasteiger partial charge >= 0.3 is 0 Å². The molecule has 0 spiro atoms. The normalized spacial score (nSPS) is 16.1. The lowest BCUT2D eigenvalue weighted by atomic mass is 10.1. The lowest BCUT2D eigenvalue weighted by Crippen LogP contribution is -2.39. The average Bonchev–Trinajstić information content (AvgIpc) is 2.50. The van der Waals surface area contributed by atoms with Crippen LogP contribution in [0, 0.1) is 0 Å². The second-order valence-electron chi connectivity index (χ2n) is 4.76. The Morgan fingerprint density at radius 1 is 1.15 bits per heavy atom. The van der Waals surface area contributed by atoms with Gasteiger partial charge in [0.2, 0.25) is 5.88 Å². The number of nitrogen functional groups attached to an aromatic ring is 1. The molecule has 1 aliphatic heterocycles. The number of nitrogens with two attached hydrogens (primary N) is 1. The fourth-order valence-corrected chi connectivity index (χ4v) is 2.38. The first-order valence-electron chi connectivity index (χ1n) is 6.71. The van der Waals surface area contributed by atoms with E-state index >= 15 is 0 Å². The van der Waals surface area contributed by atoms with Crippen LogP contribution in [0.15, 0.2) is 36.9 Å².